The number of pyridine rings is 1. The van der Waals surface area contributed by atoms with Gasteiger partial charge in [0.1, 0.15) is 23.4 Å². The Labute approximate surface area is 194 Å². The van der Waals surface area contributed by atoms with Crippen LogP contribution in [0, 0.1) is 5.92 Å². The first-order chi connectivity index (χ1) is 15.9. The quantitative estimate of drug-likeness (QED) is 0.595. The molecule has 178 valence electrons. The van der Waals surface area contributed by atoms with E-state index in [1.807, 2.05) is 26.0 Å². The normalized spacial score (nSPS) is 14.5. The molecular weight excluding hydrogens is 424 g/mol. The van der Waals surface area contributed by atoms with Gasteiger partial charge in [0.2, 0.25) is 5.91 Å². The average Bonchev–Trinajstić information content (AvgIpc) is 2.85. The van der Waals surface area contributed by atoms with Crippen LogP contribution in [0.2, 0.25) is 0 Å². The number of nitrogens with one attached hydrogen (secondary N) is 2. The molecule has 1 aromatic heterocycles. The van der Waals surface area contributed by atoms with Gasteiger partial charge in [0.05, 0.1) is 27.4 Å². The first-order valence-electron chi connectivity index (χ1n) is 11.0. The van der Waals surface area contributed by atoms with Gasteiger partial charge in [-0.05, 0) is 29.7 Å². The first-order valence-corrected chi connectivity index (χ1v) is 11.0. The summed E-state index contributed by atoms with van der Waals surface area (Å²) in [5, 5.41) is 5.73. The number of anilines is 1. The third-order valence-corrected chi connectivity index (χ3v) is 5.46. The van der Waals surface area contributed by atoms with Crippen molar-refractivity contribution >= 4 is 17.6 Å². The number of benzene rings is 1. The zero-order valence-corrected chi connectivity index (χ0v) is 19.6. The Balaban J connectivity index is 1.60. The molecule has 0 aliphatic carbocycles. The second-order valence-electron chi connectivity index (χ2n) is 8.14. The van der Waals surface area contributed by atoms with Crippen LogP contribution in [0.5, 0.6) is 11.5 Å². The number of methoxy groups -OCH3 is 2. The lowest BCUT2D eigenvalue weighted by atomic mass is 10.0. The van der Waals surface area contributed by atoms with Gasteiger partial charge in [-0.2, -0.15) is 0 Å². The monoisotopic (exact) mass is 456 g/mol. The van der Waals surface area contributed by atoms with Crippen molar-refractivity contribution in [3.63, 3.8) is 0 Å². The van der Waals surface area contributed by atoms with Crippen molar-refractivity contribution in [2.45, 2.75) is 26.4 Å². The molecule has 2 N–H and O–H groups in total. The topological polar surface area (TPSA) is 102 Å². The van der Waals surface area contributed by atoms with Crippen molar-refractivity contribution in [2.24, 2.45) is 5.92 Å². The van der Waals surface area contributed by atoms with E-state index >= 15 is 0 Å². The Hall–Kier alpha value is -3.33. The van der Waals surface area contributed by atoms with E-state index in [2.05, 4.69) is 20.5 Å². The smallest absolute Gasteiger partial charge is 0.252 e. The summed E-state index contributed by atoms with van der Waals surface area (Å²) < 4.78 is 15.8. The van der Waals surface area contributed by atoms with Gasteiger partial charge in [-0.15, -0.1) is 0 Å². The minimum absolute atomic E-state index is 0.108. The van der Waals surface area contributed by atoms with Gasteiger partial charge in [-0.1, -0.05) is 19.9 Å². The minimum atomic E-state index is -0.699. The molecule has 0 bridgehead atoms. The van der Waals surface area contributed by atoms with Crippen LogP contribution in [0.3, 0.4) is 0 Å². The van der Waals surface area contributed by atoms with Crippen LogP contribution in [0.1, 0.15) is 29.8 Å². The highest BCUT2D eigenvalue weighted by Gasteiger charge is 2.25. The number of nitrogens with zero attached hydrogens (tertiary/aromatic N) is 2. The Morgan fingerprint density at radius 1 is 1.09 bits per heavy atom. The first kappa shape index (κ1) is 24.3. The number of morpholine rings is 1. The summed E-state index contributed by atoms with van der Waals surface area (Å²) in [6.45, 7) is 7.12. The van der Waals surface area contributed by atoms with Crippen molar-refractivity contribution in [1.82, 2.24) is 15.6 Å². The predicted molar refractivity (Wildman–Crippen MR) is 125 cm³/mol. The number of aromatic nitrogens is 1. The van der Waals surface area contributed by atoms with E-state index < -0.39 is 6.04 Å². The Morgan fingerprint density at radius 2 is 1.76 bits per heavy atom. The molecule has 1 saturated heterocycles. The third-order valence-electron chi connectivity index (χ3n) is 5.46. The largest absolute Gasteiger partial charge is 0.497 e. The van der Waals surface area contributed by atoms with E-state index in [0.717, 1.165) is 24.5 Å². The Kier molecular flexibility index (Phi) is 8.48. The van der Waals surface area contributed by atoms with Crippen LogP contribution < -0.4 is 25.0 Å². The predicted octanol–water partition coefficient (Wildman–Crippen LogP) is 2.01. The van der Waals surface area contributed by atoms with Crippen molar-refractivity contribution in [2.75, 3.05) is 45.4 Å². The number of amides is 2. The molecular formula is C24H32N4O5. The highest BCUT2D eigenvalue weighted by atomic mass is 16.5. The van der Waals surface area contributed by atoms with Gasteiger partial charge in [0.25, 0.3) is 5.91 Å². The number of hydrogen-bond donors (Lipinski definition) is 2. The summed E-state index contributed by atoms with van der Waals surface area (Å²) in [4.78, 5) is 32.4. The number of rotatable bonds is 9. The maximum Gasteiger partial charge on any atom is 0.252 e. The molecule has 1 aliphatic heterocycles. The molecule has 0 radical (unpaired) electrons. The van der Waals surface area contributed by atoms with Crippen molar-refractivity contribution in [1.29, 1.82) is 0 Å². The lowest BCUT2D eigenvalue weighted by Gasteiger charge is -2.27. The molecule has 1 aromatic carbocycles. The standard InChI is InChI=1S/C24H32N4O5/c1-16(2)22(27-23(29)18-11-19(31-3)13-20(12-18)32-4)24(30)26-15-17-5-6-21(25-14-17)28-7-9-33-10-8-28/h5-6,11-14,16,22H,7-10,15H2,1-4H3,(H,26,30)(H,27,29)/t22-/m1/s1. The van der Waals surface area contributed by atoms with E-state index in [0.29, 0.717) is 36.8 Å². The van der Waals surface area contributed by atoms with Crippen molar-refractivity contribution < 1.29 is 23.8 Å². The molecule has 1 aliphatic rings. The molecule has 0 spiro atoms. The van der Waals surface area contributed by atoms with Crippen LogP contribution >= 0.6 is 0 Å². The fourth-order valence-corrected chi connectivity index (χ4v) is 3.50. The highest BCUT2D eigenvalue weighted by molar-refractivity contribution is 5.98. The molecule has 9 heteroatoms. The van der Waals surface area contributed by atoms with Gasteiger partial charge in [0.15, 0.2) is 0 Å². The zero-order chi connectivity index (χ0) is 23.8. The maximum absolute atomic E-state index is 12.9. The number of ether oxygens (including phenoxy) is 3. The average molecular weight is 457 g/mol. The summed E-state index contributed by atoms with van der Waals surface area (Å²) in [6.07, 6.45) is 1.76. The molecule has 2 amide bonds. The van der Waals surface area contributed by atoms with Gasteiger partial charge >= 0.3 is 0 Å². The molecule has 2 aromatic rings. The van der Waals surface area contributed by atoms with Gasteiger partial charge in [-0.3, -0.25) is 9.59 Å². The molecule has 1 atom stereocenters. The molecule has 0 unspecified atom stereocenters. The van der Waals surface area contributed by atoms with E-state index in [1.54, 1.807) is 24.4 Å². The number of hydrogen-bond acceptors (Lipinski definition) is 7. The van der Waals surface area contributed by atoms with Crippen LogP contribution in [0.25, 0.3) is 0 Å². The van der Waals surface area contributed by atoms with Crippen LogP contribution in [0.4, 0.5) is 5.82 Å². The molecule has 2 heterocycles. The minimum Gasteiger partial charge on any atom is -0.497 e. The molecule has 1 fully saturated rings. The van der Waals surface area contributed by atoms with Gasteiger partial charge in [-0.25, -0.2) is 4.98 Å². The second kappa shape index (κ2) is 11.5. The summed E-state index contributed by atoms with van der Waals surface area (Å²) in [6, 6.07) is 8.09. The molecule has 9 nitrogen and oxygen atoms in total. The summed E-state index contributed by atoms with van der Waals surface area (Å²) >= 11 is 0. The van der Waals surface area contributed by atoms with E-state index in [9.17, 15) is 9.59 Å². The second-order valence-corrected chi connectivity index (χ2v) is 8.14. The number of carbonyl (C=O) groups excluding carboxylic acids is 2. The zero-order valence-electron chi connectivity index (χ0n) is 19.6. The summed E-state index contributed by atoms with van der Waals surface area (Å²) in [7, 11) is 3.03. The van der Waals surface area contributed by atoms with Crippen molar-refractivity contribution in [3.05, 3.63) is 47.7 Å². The Morgan fingerprint density at radius 3 is 2.30 bits per heavy atom. The van der Waals surface area contributed by atoms with Crippen LogP contribution in [-0.2, 0) is 16.1 Å². The Bertz CT molecular complexity index is 920. The maximum atomic E-state index is 12.9. The SMILES string of the molecule is COc1cc(OC)cc(C(=O)N[C@@H](C(=O)NCc2ccc(N3CCOCC3)nc2)C(C)C)c1. The van der Waals surface area contributed by atoms with Crippen molar-refractivity contribution in [3.8, 4) is 11.5 Å². The van der Waals surface area contributed by atoms with Crippen LogP contribution in [0.15, 0.2) is 36.5 Å². The highest BCUT2D eigenvalue weighted by Crippen LogP contribution is 2.22. The third kappa shape index (κ3) is 6.58. The van der Waals surface area contributed by atoms with Gasteiger partial charge in [0, 0.05) is 37.5 Å². The van der Waals surface area contributed by atoms with E-state index in [-0.39, 0.29) is 17.7 Å². The molecule has 0 saturated carbocycles. The fourth-order valence-electron chi connectivity index (χ4n) is 3.50. The summed E-state index contributed by atoms with van der Waals surface area (Å²) in [5.41, 5.74) is 1.24. The summed E-state index contributed by atoms with van der Waals surface area (Å²) in [5.74, 6) is 1.15. The molecule has 3 rings (SSSR count). The molecule has 33 heavy (non-hydrogen) atoms. The van der Waals surface area contributed by atoms with Gasteiger partial charge < -0.3 is 29.7 Å². The fraction of sp³-hybridized carbons (Fsp3) is 0.458. The number of carbonyl (C=O) groups is 2. The van der Waals surface area contributed by atoms with E-state index in [4.69, 9.17) is 14.2 Å². The van der Waals surface area contributed by atoms with Crippen LogP contribution in [-0.4, -0.2) is 63.4 Å². The lowest BCUT2D eigenvalue weighted by Crippen LogP contribution is -2.49. The lowest BCUT2D eigenvalue weighted by molar-refractivity contribution is -0.124. The van der Waals surface area contributed by atoms with E-state index in [1.165, 1.54) is 14.2 Å².